The fraction of sp³-hybridized carbons (Fsp3) is 0.905. The predicted octanol–water partition coefficient (Wildman–Crippen LogP) is 4.05. The molecule has 3 nitrogen and oxygen atoms in total. The third-order valence-electron chi connectivity index (χ3n) is 8.87. The molecule has 4 aliphatic carbocycles. The number of aliphatic hydroxyl groups excluding tert-OH is 1. The van der Waals surface area contributed by atoms with E-state index in [1.807, 2.05) is 0 Å². The predicted molar refractivity (Wildman–Crippen MR) is 92.3 cm³/mol. The van der Waals surface area contributed by atoms with E-state index in [9.17, 15) is 5.11 Å². The van der Waals surface area contributed by atoms with Crippen molar-refractivity contribution in [3.05, 3.63) is 11.6 Å². The van der Waals surface area contributed by atoms with E-state index in [-0.39, 0.29) is 17.3 Å². The van der Waals surface area contributed by atoms with Crippen molar-refractivity contribution in [2.75, 3.05) is 13.2 Å². The van der Waals surface area contributed by atoms with Crippen LogP contribution in [-0.2, 0) is 9.47 Å². The second-order valence-corrected chi connectivity index (χ2v) is 9.68. The Morgan fingerprint density at radius 3 is 2.58 bits per heavy atom. The Morgan fingerprint density at radius 1 is 1.00 bits per heavy atom. The number of allylic oxidation sites excluding steroid dienone is 1. The maximum absolute atomic E-state index is 10.6. The van der Waals surface area contributed by atoms with Gasteiger partial charge in [0.05, 0.1) is 19.3 Å². The first kappa shape index (κ1) is 15.8. The summed E-state index contributed by atoms with van der Waals surface area (Å²) in [4.78, 5) is 0. The van der Waals surface area contributed by atoms with Gasteiger partial charge in [0.2, 0.25) is 0 Å². The largest absolute Gasteiger partial charge is 0.393 e. The van der Waals surface area contributed by atoms with Crippen LogP contribution in [0.2, 0.25) is 0 Å². The lowest BCUT2D eigenvalue weighted by atomic mass is 9.47. The van der Waals surface area contributed by atoms with Gasteiger partial charge in [0.25, 0.3) is 0 Å². The van der Waals surface area contributed by atoms with Crippen molar-refractivity contribution in [3.8, 4) is 0 Å². The molecule has 1 aliphatic heterocycles. The van der Waals surface area contributed by atoms with Crippen LogP contribution in [0.3, 0.4) is 0 Å². The molecule has 5 aliphatic rings. The Balaban J connectivity index is 1.46. The lowest BCUT2D eigenvalue weighted by Gasteiger charge is -2.58. The fourth-order valence-electron chi connectivity index (χ4n) is 7.32. The Kier molecular flexibility index (Phi) is 3.35. The third-order valence-corrected chi connectivity index (χ3v) is 8.87. The molecule has 5 rings (SSSR count). The molecule has 0 aromatic carbocycles. The lowest BCUT2D eigenvalue weighted by molar-refractivity contribution is -0.185. The zero-order valence-electron chi connectivity index (χ0n) is 15.2. The molecule has 3 saturated carbocycles. The number of aliphatic hydroxyl groups is 1. The Hall–Kier alpha value is -0.380. The molecule has 0 unspecified atom stereocenters. The van der Waals surface area contributed by atoms with Gasteiger partial charge >= 0.3 is 0 Å². The van der Waals surface area contributed by atoms with Crippen LogP contribution in [0.5, 0.6) is 0 Å². The average molecular weight is 332 g/mol. The van der Waals surface area contributed by atoms with Crippen LogP contribution in [0.25, 0.3) is 0 Å². The van der Waals surface area contributed by atoms with E-state index in [4.69, 9.17) is 9.47 Å². The van der Waals surface area contributed by atoms with Crippen LogP contribution in [0.1, 0.15) is 65.2 Å². The molecule has 1 saturated heterocycles. The Labute approximate surface area is 145 Å². The van der Waals surface area contributed by atoms with Gasteiger partial charge in [-0.05, 0) is 67.1 Å². The van der Waals surface area contributed by atoms with Crippen LogP contribution in [-0.4, -0.2) is 30.2 Å². The van der Waals surface area contributed by atoms with E-state index in [2.05, 4.69) is 19.9 Å². The van der Waals surface area contributed by atoms with E-state index >= 15 is 0 Å². The van der Waals surface area contributed by atoms with Crippen LogP contribution in [0, 0.1) is 28.6 Å². The van der Waals surface area contributed by atoms with Gasteiger partial charge in [-0.2, -0.15) is 0 Å². The highest BCUT2D eigenvalue weighted by atomic mass is 16.7. The maximum atomic E-state index is 10.6. The molecule has 3 heteroatoms. The minimum absolute atomic E-state index is 0.0726. The molecule has 6 atom stereocenters. The molecule has 0 aromatic rings. The smallest absolute Gasteiger partial charge is 0.172 e. The summed E-state index contributed by atoms with van der Waals surface area (Å²) in [6, 6.07) is 0. The van der Waals surface area contributed by atoms with Gasteiger partial charge in [0.15, 0.2) is 5.79 Å². The van der Waals surface area contributed by atoms with E-state index < -0.39 is 0 Å². The molecule has 134 valence electrons. The highest BCUT2D eigenvalue weighted by Crippen LogP contribution is 2.65. The van der Waals surface area contributed by atoms with E-state index in [0.717, 1.165) is 50.2 Å². The van der Waals surface area contributed by atoms with Gasteiger partial charge in [-0.1, -0.05) is 25.5 Å². The molecule has 0 radical (unpaired) electrons. The minimum atomic E-state index is -0.301. The molecular formula is C21H32O3. The van der Waals surface area contributed by atoms with Crippen LogP contribution in [0.4, 0.5) is 0 Å². The summed E-state index contributed by atoms with van der Waals surface area (Å²) in [5, 5.41) is 10.6. The first-order valence-electron chi connectivity index (χ1n) is 10.1. The van der Waals surface area contributed by atoms with Crippen LogP contribution in [0.15, 0.2) is 11.6 Å². The minimum Gasteiger partial charge on any atom is -0.393 e. The second-order valence-electron chi connectivity index (χ2n) is 9.68. The maximum Gasteiger partial charge on any atom is 0.172 e. The van der Waals surface area contributed by atoms with Gasteiger partial charge in [0.1, 0.15) is 0 Å². The van der Waals surface area contributed by atoms with Gasteiger partial charge < -0.3 is 14.6 Å². The number of hydrogen-bond acceptors (Lipinski definition) is 3. The average Bonchev–Trinajstić information content (AvgIpc) is 3.14. The molecule has 1 spiro atoms. The van der Waals surface area contributed by atoms with Gasteiger partial charge in [-0.25, -0.2) is 0 Å². The normalized spacial score (nSPS) is 52.5. The summed E-state index contributed by atoms with van der Waals surface area (Å²) in [5.41, 5.74) is 2.12. The van der Waals surface area contributed by atoms with Gasteiger partial charge in [0, 0.05) is 12.8 Å². The zero-order chi connectivity index (χ0) is 16.6. The van der Waals surface area contributed by atoms with Crippen molar-refractivity contribution in [2.24, 2.45) is 28.6 Å². The first-order chi connectivity index (χ1) is 11.5. The standard InChI is InChI=1S/C21H32O3/c1-19-9-10-21(23-11-12-24-21)13-14(19)3-4-15-16-5-6-18(22)20(16,2)8-7-17(15)19/h3,15-18,22H,4-13H2,1-2H3/t15-,16-,17+,18+,19-,20+/m1/s1. The van der Waals surface area contributed by atoms with Crippen molar-refractivity contribution in [1.82, 2.24) is 0 Å². The number of ether oxygens (including phenoxy) is 2. The van der Waals surface area contributed by atoms with Crippen molar-refractivity contribution in [3.63, 3.8) is 0 Å². The van der Waals surface area contributed by atoms with E-state index in [0.29, 0.717) is 5.41 Å². The quantitative estimate of drug-likeness (QED) is 0.680. The Bertz CT molecular complexity index is 563. The van der Waals surface area contributed by atoms with Crippen LogP contribution >= 0.6 is 0 Å². The fourth-order valence-corrected chi connectivity index (χ4v) is 7.32. The Morgan fingerprint density at radius 2 is 1.79 bits per heavy atom. The summed E-state index contributed by atoms with van der Waals surface area (Å²) in [6.45, 7) is 6.40. The molecule has 4 fully saturated rings. The van der Waals surface area contributed by atoms with Crippen molar-refractivity contribution < 1.29 is 14.6 Å². The molecule has 0 bridgehead atoms. The summed E-state index contributed by atoms with van der Waals surface area (Å²) in [6.07, 6.45) is 11.7. The summed E-state index contributed by atoms with van der Waals surface area (Å²) in [5.74, 6) is 1.98. The highest BCUT2D eigenvalue weighted by Gasteiger charge is 2.60. The topological polar surface area (TPSA) is 38.7 Å². The zero-order valence-corrected chi connectivity index (χ0v) is 15.2. The van der Waals surface area contributed by atoms with Gasteiger partial charge in [-0.15, -0.1) is 0 Å². The van der Waals surface area contributed by atoms with Crippen molar-refractivity contribution in [2.45, 2.75) is 77.1 Å². The van der Waals surface area contributed by atoms with Gasteiger partial charge in [-0.3, -0.25) is 0 Å². The first-order valence-corrected chi connectivity index (χ1v) is 10.1. The number of hydrogen-bond donors (Lipinski definition) is 1. The number of rotatable bonds is 0. The van der Waals surface area contributed by atoms with E-state index in [1.165, 1.54) is 32.1 Å². The molecular weight excluding hydrogens is 300 g/mol. The summed E-state index contributed by atoms with van der Waals surface area (Å²) >= 11 is 0. The number of fused-ring (bicyclic) bond motifs is 5. The third kappa shape index (κ3) is 1.95. The van der Waals surface area contributed by atoms with Crippen molar-refractivity contribution in [1.29, 1.82) is 0 Å². The second kappa shape index (κ2) is 5.08. The SMILES string of the molecule is C[C@]12CC[C@H]3[C@H](CC=C4CC5(CC[C@]43C)OCCO5)[C@H]1CC[C@@H]2O. The molecule has 24 heavy (non-hydrogen) atoms. The lowest BCUT2D eigenvalue weighted by Crippen LogP contribution is -2.52. The summed E-state index contributed by atoms with van der Waals surface area (Å²) < 4.78 is 12.0. The summed E-state index contributed by atoms with van der Waals surface area (Å²) in [7, 11) is 0. The van der Waals surface area contributed by atoms with Crippen molar-refractivity contribution >= 4 is 0 Å². The molecule has 1 N–H and O–H groups in total. The monoisotopic (exact) mass is 332 g/mol. The van der Waals surface area contributed by atoms with Crippen LogP contribution < -0.4 is 0 Å². The van der Waals surface area contributed by atoms with E-state index in [1.54, 1.807) is 5.57 Å². The molecule has 1 heterocycles. The molecule has 0 aromatic heterocycles. The molecule has 0 amide bonds. The highest BCUT2D eigenvalue weighted by molar-refractivity contribution is 5.26.